The largest absolute Gasteiger partial charge is 0.463 e. The summed E-state index contributed by atoms with van der Waals surface area (Å²) in [5, 5.41) is 0. The van der Waals surface area contributed by atoms with Gasteiger partial charge in [-0.1, -0.05) is 30.3 Å². The Hall–Kier alpha value is -1.31. The molecule has 0 saturated heterocycles. The Labute approximate surface area is 84.9 Å². The minimum atomic E-state index is -0.182. The van der Waals surface area contributed by atoms with Crippen molar-refractivity contribution >= 4 is 5.97 Å². The van der Waals surface area contributed by atoms with Crippen molar-refractivity contribution in [2.45, 2.75) is 32.8 Å². The fraction of sp³-hybridized carbons (Fsp3) is 0.417. The zero-order valence-corrected chi connectivity index (χ0v) is 8.86. The first-order valence-electron chi connectivity index (χ1n) is 4.86. The van der Waals surface area contributed by atoms with Crippen molar-refractivity contribution in [1.82, 2.24) is 0 Å². The fourth-order valence-corrected chi connectivity index (χ4v) is 1.21. The van der Waals surface area contributed by atoms with Gasteiger partial charge in [0, 0.05) is 0 Å². The van der Waals surface area contributed by atoms with Crippen LogP contribution < -0.4 is 0 Å². The van der Waals surface area contributed by atoms with Crippen LogP contribution >= 0.6 is 0 Å². The molecule has 0 radical (unpaired) electrons. The molecule has 0 amide bonds. The van der Waals surface area contributed by atoms with Crippen LogP contribution in [0.2, 0.25) is 0 Å². The highest BCUT2D eigenvalue weighted by Crippen LogP contribution is 2.16. The van der Waals surface area contributed by atoms with E-state index in [1.165, 1.54) is 0 Å². The predicted octanol–water partition coefficient (Wildman–Crippen LogP) is 2.74. The fourth-order valence-electron chi connectivity index (χ4n) is 1.21. The summed E-state index contributed by atoms with van der Waals surface area (Å²) in [7, 11) is 0. The molecule has 0 bridgehead atoms. The lowest BCUT2D eigenvalue weighted by Crippen LogP contribution is -2.17. The molecule has 14 heavy (non-hydrogen) atoms. The number of ether oxygens (including phenoxy) is 1. The number of rotatable bonds is 3. The van der Waals surface area contributed by atoms with Crippen LogP contribution in [0, 0.1) is 0 Å². The highest BCUT2D eigenvalue weighted by atomic mass is 16.5. The molecule has 1 aromatic rings. The van der Waals surface area contributed by atoms with Crippen LogP contribution in [0.3, 0.4) is 0 Å². The zero-order valence-electron chi connectivity index (χ0n) is 8.86. The molecule has 0 aliphatic carbocycles. The SMILES string of the molecule is CC(C)OC(=O)C(C)c1ccccc1. The third-order valence-corrected chi connectivity index (χ3v) is 2.00. The number of hydrogen-bond donors (Lipinski definition) is 0. The Morgan fingerprint density at radius 2 is 1.71 bits per heavy atom. The topological polar surface area (TPSA) is 26.3 Å². The lowest BCUT2D eigenvalue weighted by Gasteiger charge is -2.13. The number of carbonyl (C=O) groups is 1. The summed E-state index contributed by atoms with van der Waals surface area (Å²) in [6.45, 7) is 5.57. The van der Waals surface area contributed by atoms with Crippen molar-refractivity contribution in [2.75, 3.05) is 0 Å². The molecular weight excluding hydrogens is 176 g/mol. The summed E-state index contributed by atoms with van der Waals surface area (Å²) in [6.07, 6.45) is -0.0475. The quantitative estimate of drug-likeness (QED) is 0.688. The highest BCUT2D eigenvalue weighted by Gasteiger charge is 2.16. The second-order valence-corrected chi connectivity index (χ2v) is 3.62. The van der Waals surface area contributed by atoms with Crippen LogP contribution in [0.15, 0.2) is 30.3 Å². The van der Waals surface area contributed by atoms with Crippen molar-refractivity contribution in [3.05, 3.63) is 35.9 Å². The summed E-state index contributed by atoms with van der Waals surface area (Å²) in [5.74, 6) is -0.343. The maximum atomic E-state index is 11.5. The van der Waals surface area contributed by atoms with E-state index < -0.39 is 0 Å². The van der Waals surface area contributed by atoms with E-state index in [9.17, 15) is 4.79 Å². The van der Waals surface area contributed by atoms with Crippen molar-refractivity contribution in [3.63, 3.8) is 0 Å². The van der Waals surface area contributed by atoms with E-state index in [-0.39, 0.29) is 18.0 Å². The van der Waals surface area contributed by atoms with Gasteiger partial charge in [-0.05, 0) is 26.3 Å². The smallest absolute Gasteiger partial charge is 0.313 e. The number of carbonyl (C=O) groups excluding carboxylic acids is 1. The number of esters is 1. The van der Waals surface area contributed by atoms with Crippen LogP contribution in [0.1, 0.15) is 32.3 Å². The van der Waals surface area contributed by atoms with Gasteiger partial charge in [-0.2, -0.15) is 0 Å². The second kappa shape index (κ2) is 4.80. The van der Waals surface area contributed by atoms with E-state index in [1.54, 1.807) is 0 Å². The Kier molecular flexibility index (Phi) is 3.69. The Bertz CT molecular complexity index is 290. The second-order valence-electron chi connectivity index (χ2n) is 3.62. The minimum absolute atomic E-state index is 0.0475. The molecule has 0 N–H and O–H groups in total. The van der Waals surface area contributed by atoms with Crippen molar-refractivity contribution < 1.29 is 9.53 Å². The lowest BCUT2D eigenvalue weighted by atomic mass is 10.0. The standard InChI is InChI=1S/C12H16O2/c1-9(2)14-12(13)10(3)11-7-5-4-6-8-11/h4-10H,1-3H3. The third-order valence-electron chi connectivity index (χ3n) is 2.00. The molecule has 2 heteroatoms. The molecule has 0 saturated carbocycles. The van der Waals surface area contributed by atoms with E-state index in [2.05, 4.69) is 0 Å². The van der Waals surface area contributed by atoms with Crippen LogP contribution in [0.4, 0.5) is 0 Å². The molecule has 76 valence electrons. The maximum absolute atomic E-state index is 11.5. The zero-order chi connectivity index (χ0) is 10.6. The third kappa shape index (κ3) is 2.87. The minimum Gasteiger partial charge on any atom is -0.463 e. The summed E-state index contributed by atoms with van der Waals surface area (Å²) in [6, 6.07) is 9.66. The monoisotopic (exact) mass is 192 g/mol. The summed E-state index contributed by atoms with van der Waals surface area (Å²) in [4.78, 5) is 11.5. The molecule has 1 atom stereocenters. The van der Waals surface area contributed by atoms with Gasteiger partial charge in [0.25, 0.3) is 0 Å². The first-order valence-corrected chi connectivity index (χ1v) is 4.86. The molecule has 1 rings (SSSR count). The number of hydrogen-bond acceptors (Lipinski definition) is 2. The van der Waals surface area contributed by atoms with Gasteiger partial charge in [0.2, 0.25) is 0 Å². The average Bonchev–Trinajstić information content (AvgIpc) is 2.17. The summed E-state index contributed by atoms with van der Waals surface area (Å²) < 4.78 is 5.13. The predicted molar refractivity (Wildman–Crippen MR) is 56.1 cm³/mol. The normalized spacial score (nSPS) is 12.6. The van der Waals surface area contributed by atoms with Crippen LogP contribution in [0.25, 0.3) is 0 Å². The molecule has 1 unspecified atom stereocenters. The summed E-state index contributed by atoms with van der Waals surface area (Å²) >= 11 is 0. The Morgan fingerprint density at radius 3 is 2.21 bits per heavy atom. The molecule has 1 aromatic carbocycles. The molecule has 0 spiro atoms. The first kappa shape index (κ1) is 10.8. The van der Waals surface area contributed by atoms with Crippen LogP contribution in [0.5, 0.6) is 0 Å². The van der Waals surface area contributed by atoms with E-state index in [0.717, 1.165) is 5.56 Å². The summed E-state index contributed by atoms with van der Waals surface area (Å²) in [5.41, 5.74) is 0.998. The van der Waals surface area contributed by atoms with Crippen molar-refractivity contribution in [2.24, 2.45) is 0 Å². The molecule has 2 nitrogen and oxygen atoms in total. The Balaban J connectivity index is 2.66. The van der Waals surface area contributed by atoms with Gasteiger partial charge in [-0.3, -0.25) is 4.79 Å². The molecule has 0 aromatic heterocycles. The van der Waals surface area contributed by atoms with Gasteiger partial charge in [-0.15, -0.1) is 0 Å². The van der Waals surface area contributed by atoms with E-state index in [0.29, 0.717) is 0 Å². The lowest BCUT2D eigenvalue weighted by molar-refractivity contribution is -0.148. The molecular formula is C12H16O2. The van der Waals surface area contributed by atoms with Crippen LogP contribution in [-0.2, 0) is 9.53 Å². The van der Waals surface area contributed by atoms with Gasteiger partial charge >= 0.3 is 5.97 Å². The van der Waals surface area contributed by atoms with Gasteiger partial charge in [-0.25, -0.2) is 0 Å². The molecule has 0 aliphatic heterocycles. The molecule has 0 fully saturated rings. The maximum Gasteiger partial charge on any atom is 0.313 e. The van der Waals surface area contributed by atoms with Gasteiger partial charge in [0.1, 0.15) is 0 Å². The van der Waals surface area contributed by atoms with Gasteiger partial charge in [0.05, 0.1) is 12.0 Å². The highest BCUT2D eigenvalue weighted by molar-refractivity contribution is 5.77. The van der Waals surface area contributed by atoms with E-state index in [4.69, 9.17) is 4.74 Å². The first-order chi connectivity index (χ1) is 6.61. The average molecular weight is 192 g/mol. The van der Waals surface area contributed by atoms with E-state index in [1.807, 2.05) is 51.1 Å². The van der Waals surface area contributed by atoms with Crippen molar-refractivity contribution in [1.29, 1.82) is 0 Å². The number of benzene rings is 1. The van der Waals surface area contributed by atoms with Crippen LogP contribution in [-0.4, -0.2) is 12.1 Å². The molecule has 0 heterocycles. The van der Waals surface area contributed by atoms with E-state index >= 15 is 0 Å². The van der Waals surface area contributed by atoms with Gasteiger partial charge in [0.15, 0.2) is 0 Å². The Morgan fingerprint density at radius 1 is 1.14 bits per heavy atom. The van der Waals surface area contributed by atoms with Gasteiger partial charge < -0.3 is 4.74 Å². The van der Waals surface area contributed by atoms with Crippen molar-refractivity contribution in [3.8, 4) is 0 Å². The molecule has 0 aliphatic rings.